The average Bonchev–Trinajstić information content (AvgIpc) is 3.79. The Morgan fingerprint density at radius 3 is 2.45 bits per heavy atom. The maximum Gasteiger partial charge on any atom is 0.512 e. The number of benzene rings is 2. The number of thioether (sulfide) groups is 1. The van der Waals surface area contributed by atoms with Crippen molar-refractivity contribution in [1.82, 2.24) is 24.6 Å². The summed E-state index contributed by atoms with van der Waals surface area (Å²) in [5.74, 6) is -3.57. The SMILES string of the molecule is C=CCOC(=O)N(C)C1CCN(C(=O)CCC(=O)OC(C)OC(=O)O[C@@](Cn2cncn2)(c2ccc(F)cc2F)[C@@H](C)SC2COC(/C=C/C=C/c3ccc(C#N)cc3F)OC2)CC1. The molecule has 0 N–H and O–H groups in total. The van der Waals surface area contributed by atoms with Gasteiger partial charge in [0.25, 0.3) is 0 Å². The summed E-state index contributed by atoms with van der Waals surface area (Å²) in [7, 11) is 1.63. The summed E-state index contributed by atoms with van der Waals surface area (Å²) in [6.07, 6.45) is 6.83. The fourth-order valence-corrected chi connectivity index (χ4v) is 8.31. The number of esters is 1. The van der Waals surface area contributed by atoms with Crippen LogP contribution in [-0.2, 0) is 50.2 Å². The first kappa shape index (κ1) is 48.9. The van der Waals surface area contributed by atoms with Gasteiger partial charge in [-0.05, 0) is 50.1 Å². The van der Waals surface area contributed by atoms with Crippen molar-refractivity contribution >= 4 is 42.0 Å². The first-order valence-corrected chi connectivity index (χ1v) is 21.2. The van der Waals surface area contributed by atoms with Crippen LogP contribution in [0.3, 0.4) is 0 Å². The second kappa shape index (κ2) is 23.5. The van der Waals surface area contributed by atoms with Crippen molar-refractivity contribution in [2.45, 2.75) is 80.8 Å². The Morgan fingerprint density at radius 1 is 1.05 bits per heavy atom. The molecule has 3 aromatic rings. The topological polar surface area (TPSA) is 185 Å². The number of amides is 2. The molecule has 0 radical (unpaired) electrons. The zero-order valence-electron chi connectivity index (χ0n) is 35.5. The highest BCUT2D eigenvalue weighted by Gasteiger charge is 2.47. The normalized spacial score (nSPS) is 18.7. The molecule has 5 rings (SSSR count). The van der Waals surface area contributed by atoms with E-state index in [1.54, 1.807) is 37.1 Å². The van der Waals surface area contributed by atoms with Gasteiger partial charge in [-0.15, -0.1) is 11.8 Å². The van der Waals surface area contributed by atoms with E-state index < -0.39 is 59.1 Å². The molecule has 3 heterocycles. The summed E-state index contributed by atoms with van der Waals surface area (Å²) in [5.41, 5.74) is -1.66. The molecule has 16 nitrogen and oxygen atoms in total. The molecule has 2 saturated heterocycles. The molecule has 2 aliphatic heterocycles. The van der Waals surface area contributed by atoms with Gasteiger partial charge in [0.1, 0.15) is 36.7 Å². The molecule has 20 heteroatoms. The highest BCUT2D eigenvalue weighted by atomic mass is 32.2. The van der Waals surface area contributed by atoms with Crippen molar-refractivity contribution in [3.05, 3.63) is 114 Å². The number of nitrogens with zero attached hydrogens (tertiary/aromatic N) is 6. The molecule has 1 unspecified atom stereocenters. The number of piperidine rings is 1. The minimum atomic E-state index is -1.94. The lowest BCUT2D eigenvalue weighted by molar-refractivity contribution is -0.172. The first-order valence-electron chi connectivity index (χ1n) is 20.3. The smallest absolute Gasteiger partial charge is 0.445 e. The van der Waals surface area contributed by atoms with Crippen LogP contribution in [0.15, 0.2) is 79.9 Å². The quantitative estimate of drug-likeness (QED) is 0.0434. The van der Waals surface area contributed by atoms with Crippen molar-refractivity contribution in [1.29, 1.82) is 5.26 Å². The monoisotopic (exact) mass is 910 g/mol. The Morgan fingerprint density at radius 2 is 1.80 bits per heavy atom. The Kier molecular flexibility index (Phi) is 17.9. The number of allylic oxidation sites excluding steroid dienone is 2. The number of aromatic nitrogens is 3. The van der Waals surface area contributed by atoms with E-state index in [1.165, 1.54) is 65.2 Å². The van der Waals surface area contributed by atoms with E-state index in [-0.39, 0.29) is 73.1 Å². The van der Waals surface area contributed by atoms with Crippen LogP contribution in [0.4, 0.5) is 22.8 Å². The molecule has 1 aromatic heterocycles. The van der Waals surface area contributed by atoms with Gasteiger partial charge in [0.15, 0.2) is 11.9 Å². The highest BCUT2D eigenvalue weighted by Crippen LogP contribution is 2.42. The Bertz CT molecular complexity index is 2190. The van der Waals surface area contributed by atoms with Gasteiger partial charge in [0.05, 0.1) is 43.1 Å². The summed E-state index contributed by atoms with van der Waals surface area (Å²) in [6.45, 7) is 7.26. The number of carbonyl (C=O) groups is 4. The molecule has 0 saturated carbocycles. The highest BCUT2D eigenvalue weighted by molar-refractivity contribution is 8.00. The molecule has 0 spiro atoms. The lowest BCUT2D eigenvalue weighted by Crippen LogP contribution is -2.47. The fraction of sp³-hybridized carbons (Fsp3) is 0.432. The standard InChI is InChI=1S/C44H49F3N6O10S/c1-5-20-58-42(56)51(4)34-16-18-52(19-17-34)39(54)14-15-40(55)61-30(3)62-43(57)63-44(26-53-28-49-27-50-53,36-13-12-33(45)22-38(36)47)29(2)64-35-24-59-41(60-25-35)9-7-6-8-32-11-10-31(23-48)21-37(32)46/h5-13,21-22,27-30,34-35,41H,1,14-20,24-26H2,2-4H3/b8-6+,9-7+/t29-,30?,35?,41?,44-/m1/s1. The number of likely N-dealkylation sites (tertiary alicyclic amines) is 1. The predicted octanol–water partition coefficient (Wildman–Crippen LogP) is 6.66. The van der Waals surface area contributed by atoms with Crippen molar-refractivity contribution in [2.24, 2.45) is 0 Å². The number of carbonyl (C=O) groups excluding carboxylic acids is 4. The molecule has 0 aliphatic carbocycles. The summed E-state index contributed by atoms with van der Waals surface area (Å²) >= 11 is 1.23. The molecule has 2 fully saturated rings. The molecule has 3 atom stereocenters. The third-order valence-electron chi connectivity index (χ3n) is 10.3. The van der Waals surface area contributed by atoms with Crippen LogP contribution in [0.1, 0.15) is 56.2 Å². The van der Waals surface area contributed by atoms with Crippen molar-refractivity contribution < 1.29 is 60.8 Å². The van der Waals surface area contributed by atoms with Crippen molar-refractivity contribution in [3.8, 4) is 6.07 Å². The van der Waals surface area contributed by atoms with Crippen LogP contribution in [-0.4, -0.2) is 118 Å². The number of hydrogen-bond donors (Lipinski definition) is 0. The van der Waals surface area contributed by atoms with Gasteiger partial charge in [-0.1, -0.05) is 36.9 Å². The second-order valence-electron chi connectivity index (χ2n) is 14.8. The molecule has 0 bridgehead atoms. The second-order valence-corrected chi connectivity index (χ2v) is 16.4. The Balaban J connectivity index is 1.19. The van der Waals surface area contributed by atoms with E-state index >= 15 is 4.39 Å². The zero-order valence-corrected chi connectivity index (χ0v) is 36.3. The number of ether oxygens (including phenoxy) is 6. The lowest BCUT2D eigenvalue weighted by Gasteiger charge is -2.40. The van der Waals surface area contributed by atoms with E-state index in [4.69, 9.17) is 33.7 Å². The van der Waals surface area contributed by atoms with Crippen molar-refractivity contribution in [2.75, 3.05) is 40.0 Å². The maximum atomic E-state index is 15.8. The zero-order chi connectivity index (χ0) is 46.2. The van der Waals surface area contributed by atoms with Crippen LogP contribution >= 0.6 is 11.8 Å². The molecule has 64 heavy (non-hydrogen) atoms. The third-order valence-corrected chi connectivity index (χ3v) is 11.8. The van der Waals surface area contributed by atoms with Gasteiger partial charge in [-0.2, -0.15) is 10.4 Å². The van der Waals surface area contributed by atoms with Crippen LogP contribution in [0.5, 0.6) is 0 Å². The lowest BCUT2D eigenvalue weighted by atomic mass is 9.89. The number of nitriles is 1. The molecule has 2 aromatic carbocycles. The molecular formula is C44H49F3N6O10S. The van der Waals surface area contributed by atoms with E-state index in [2.05, 4.69) is 16.7 Å². The minimum Gasteiger partial charge on any atom is -0.445 e. The van der Waals surface area contributed by atoms with Crippen LogP contribution in [0.2, 0.25) is 0 Å². The van der Waals surface area contributed by atoms with Gasteiger partial charge in [-0.3, -0.25) is 9.59 Å². The molecule has 342 valence electrons. The Hall–Kier alpha value is -6.17. The van der Waals surface area contributed by atoms with Gasteiger partial charge >= 0.3 is 18.2 Å². The van der Waals surface area contributed by atoms with E-state index in [0.29, 0.717) is 32.0 Å². The van der Waals surface area contributed by atoms with Crippen LogP contribution < -0.4 is 0 Å². The Labute approximate surface area is 372 Å². The summed E-state index contributed by atoms with van der Waals surface area (Å²) in [4.78, 5) is 58.5. The molecule has 2 aliphatic rings. The van der Waals surface area contributed by atoms with Gasteiger partial charge < -0.3 is 38.2 Å². The number of rotatable bonds is 18. The fourth-order valence-electron chi connectivity index (χ4n) is 6.95. The van der Waals surface area contributed by atoms with Gasteiger partial charge in [0.2, 0.25) is 12.2 Å². The first-order chi connectivity index (χ1) is 30.7. The van der Waals surface area contributed by atoms with E-state index in [1.807, 2.05) is 6.07 Å². The average molecular weight is 911 g/mol. The van der Waals surface area contributed by atoms with Crippen LogP contribution in [0, 0.1) is 28.8 Å². The molecular weight excluding hydrogens is 862 g/mol. The van der Waals surface area contributed by atoms with Gasteiger partial charge in [-0.25, -0.2) is 32.4 Å². The summed E-state index contributed by atoms with van der Waals surface area (Å²) in [5, 5.41) is 11.9. The van der Waals surface area contributed by atoms with E-state index in [9.17, 15) is 28.0 Å². The summed E-state index contributed by atoms with van der Waals surface area (Å²) in [6, 6.07) is 8.72. The number of hydrogen-bond acceptors (Lipinski definition) is 14. The maximum absolute atomic E-state index is 15.8. The largest absolute Gasteiger partial charge is 0.512 e. The number of halogens is 3. The van der Waals surface area contributed by atoms with Crippen molar-refractivity contribution in [3.63, 3.8) is 0 Å². The predicted molar refractivity (Wildman–Crippen MR) is 225 cm³/mol. The molecule has 2 amide bonds. The van der Waals surface area contributed by atoms with Crippen LogP contribution in [0.25, 0.3) is 6.08 Å². The van der Waals surface area contributed by atoms with E-state index in [0.717, 1.165) is 18.2 Å². The summed E-state index contributed by atoms with van der Waals surface area (Å²) < 4.78 is 79.1. The van der Waals surface area contributed by atoms with Gasteiger partial charge in [0, 0.05) is 62.0 Å². The minimum absolute atomic E-state index is 0.0882. The third kappa shape index (κ3) is 13.7.